The summed E-state index contributed by atoms with van der Waals surface area (Å²) in [5, 5.41) is 13.6. The molecule has 2 aromatic rings. The van der Waals surface area contributed by atoms with Crippen LogP contribution >= 0.6 is 0 Å². The summed E-state index contributed by atoms with van der Waals surface area (Å²) >= 11 is 0. The van der Waals surface area contributed by atoms with Crippen LogP contribution in [0.4, 0.5) is 4.79 Å². The highest BCUT2D eigenvalue weighted by Gasteiger charge is 2.50. The van der Waals surface area contributed by atoms with Crippen LogP contribution in [0.1, 0.15) is 62.3 Å². The number of carbonyl (C=O) groups is 2. The molecular formula is C26H34N2O4. The molecule has 0 aromatic heterocycles. The Morgan fingerprint density at radius 3 is 2.25 bits per heavy atom. The van der Waals surface area contributed by atoms with Gasteiger partial charge in [0.05, 0.1) is 19.3 Å². The van der Waals surface area contributed by atoms with E-state index >= 15 is 0 Å². The quantitative estimate of drug-likeness (QED) is 0.511. The third-order valence-electron chi connectivity index (χ3n) is 6.02. The number of ether oxygens (including phenoxy) is 1. The number of β-amino-alcohol motifs (C(OH)–C–C–N with tert-alkyl or cyclic N) is 1. The lowest BCUT2D eigenvalue weighted by Crippen LogP contribution is -2.47. The smallest absolute Gasteiger partial charge is 0.325 e. The zero-order valence-corrected chi connectivity index (χ0v) is 19.2. The van der Waals surface area contributed by atoms with E-state index in [0.29, 0.717) is 12.8 Å². The minimum atomic E-state index is -0.987. The molecule has 0 saturated carbocycles. The highest BCUT2D eigenvalue weighted by molar-refractivity contribution is 6.07. The van der Waals surface area contributed by atoms with Gasteiger partial charge in [-0.15, -0.1) is 0 Å². The zero-order valence-electron chi connectivity index (χ0n) is 19.2. The minimum Gasteiger partial charge on any atom is -0.389 e. The maximum Gasteiger partial charge on any atom is 0.325 e. The molecule has 2 N–H and O–H groups in total. The molecule has 1 aliphatic heterocycles. The van der Waals surface area contributed by atoms with Gasteiger partial charge in [-0.2, -0.15) is 0 Å². The van der Waals surface area contributed by atoms with Crippen LogP contribution in [-0.2, 0) is 9.53 Å². The molecule has 1 saturated heterocycles. The summed E-state index contributed by atoms with van der Waals surface area (Å²) in [4.78, 5) is 26.8. The first-order valence-corrected chi connectivity index (χ1v) is 11.5. The Hall–Kier alpha value is -2.70. The van der Waals surface area contributed by atoms with E-state index in [0.717, 1.165) is 34.4 Å². The fourth-order valence-electron chi connectivity index (χ4n) is 4.50. The molecule has 6 heteroatoms. The molecule has 32 heavy (non-hydrogen) atoms. The fraction of sp³-hybridized carbons (Fsp3) is 0.462. The number of urea groups is 1. The van der Waals surface area contributed by atoms with Gasteiger partial charge in [0, 0.05) is 0 Å². The number of carbonyl (C=O) groups excluding carboxylic acids is 2. The normalized spacial score (nSPS) is 17.3. The number of amides is 3. The van der Waals surface area contributed by atoms with Crippen LogP contribution in [0.5, 0.6) is 0 Å². The number of imide groups is 1. The summed E-state index contributed by atoms with van der Waals surface area (Å²) in [5.74, 6) is -0.247. The Balaban J connectivity index is 1.71. The molecule has 0 radical (unpaired) electrons. The Bertz CT molecular complexity index is 909. The van der Waals surface area contributed by atoms with Crippen molar-refractivity contribution in [3.63, 3.8) is 0 Å². The average Bonchev–Trinajstić information content (AvgIpc) is 3.00. The van der Waals surface area contributed by atoms with E-state index in [9.17, 15) is 14.7 Å². The molecule has 1 heterocycles. The summed E-state index contributed by atoms with van der Waals surface area (Å²) in [6.07, 6.45) is 1.44. The van der Waals surface area contributed by atoms with Crippen LogP contribution < -0.4 is 5.32 Å². The Kier molecular flexibility index (Phi) is 8.04. The summed E-state index contributed by atoms with van der Waals surface area (Å²) in [5.41, 5.74) is 2.24. The van der Waals surface area contributed by atoms with Gasteiger partial charge < -0.3 is 15.2 Å². The van der Waals surface area contributed by atoms with Crippen molar-refractivity contribution >= 4 is 11.9 Å². The van der Waals surface area contributed by atoms with Gasteiger partial charge in [-0.25, -0.2) is 4.79 Å². The van der Waals surface area contributed by atoms with Crippen molar-refractivity contribution in [2.24, 2.45) is 0 Å². The van der Waals surface area contributed by atoms with Crippen LogP contribution in [0.25, 0.3) is 0 Å². The van der Waals surface area contributed by atoms with E-state index in [-0.39, 0.29) is 25.2 Å². The molecule has 0 aliphatic carbocycles. The predicted molar refractivity (Wildman–Crippen MR) is 124 cm³/mol. The van der Waals surface area contributed by atoms with Gasteiger partial charge in [0.25, 0.3) is 5.91 Å². The maximum absolute atomic E-state index is 13.1. The first-order chi connectivity index (χ1) is 15.4. The second-order valence-corrected chi connectivity index (χ2v) is 8.56. The largest absolute Gasteiger partial charge is 0.389 e. The van der Waals surface area contributed by atoms with Crippen molar-refractivity contribution in [3.8, 4) is 0 Å². The minimum absolute atomic E-state index is 0.000485. The van der Waals surface area contributed by atoms with E-state index in [4.69, 9.17) is 4.74 Å². The Labute approximate surface area is 190 Å². The van der Waals surface area contributed by atoms with Crippen molar-refractivity contribution in [2.75, 3.05) is 13.2 Å². The fourth-order valence-corrected chi connectivity index (χ4v) is 4.50. The molecule has 6 nitrogen and oxygen atoms in total. The first-order valence-electron chi connectivity index (χ1n) is 11.5. The van der Waals surface area contributed by atoms with Crippen LogP contribution in [0.2, 0.25) is 0 Å². The van der Waals surface area contributed by atoms with Crippen LogP contribution in [0.15, 0.2) is 54.6 Å². The highest BCUT2D eigenvalue weighted by Crippen LogP contribution is 2.30. The number of benzene rings is 2. The number of hydrogen-bond acceptors (Lipinski definition) is 4. The molecule has 2 atom stereocenters. The second-order valence-electron chi connectivity index (χ2n) is 8.56. The van der Waals surface area contributed by atoms with Crippen molar-refractivity contribution in [3.05, 3.63) is 71.3 Å². The van der Waals surface area contributed by atoms with E-state index < -0.39 is 17.7 Å². The van der Waals surface area contributed by atoms with Gasteiger partial charge in [-0.3, -0.25) is 9.69 Å². The third kappa shape index (κ3) is 5.19. The van der Waals surface area contributed by atoms with Gasteiger partial charge >= 0.3 is 6.03 Å². The number of nitrogens with one attached hydrogen (secondary N) is 1. The number of aliphatic hydroxyl groups is 1. The van der Waals surface area contributed by atoms with Gasteiger partial charge in [0.1, 0.15) is 11.6 Å². The molecule has 3 rings (SSSR count). The van der Waals surface area contributed by atoms with E-state index in [1.165, 1.54) is 0 Å². The van der Waals surface area contributed by atoms with Gasteiger partial charge in [-0.05, 0) is 36.5 Å². The van der Waals surface area contributed by atoms with Gasteiger partial charge in [0.15, 0.2) is 0 Å². The molecule has 172 valence electrons. The lowest BCUT2D eigenvalue weighted by Gasteiger charge is -2.26. The van der Waals surface area contributed by atoms with E-state index in [1.54, 1.807) is 0 Å². The molecule has 0 spiro atoms. The number of hydrogen-bond donors (Lipinski definition) is 2. The Morgan fingerprint density at radius 2 is 1.62 bits per heavy atom. The van der Waals surface area contributed by atoms with Crippen molar-refractivity contribution in [1.29, 1.82) is 0 Å². The topological polar surface area (TPSA) is 78.9 Å². The molecule has 0 unspecified atom stereocenters. The van der Waals surface area contributed by atoms with Crippen molar-refractivity contribution in [2.45, 2.75) is 64.2 Å². The zero-order chi connectivity index (χ0) is 23.1. The van der Waals surface area contributed by atoms with Crippen molar-refractivity contribution < 1.29 is 19.4 Å². The number of nitrogens with zero attached hydrogens (tertiary/aromatic N) is 1. The lowest BCUT2D eigenvalue weighted by molar-refractivity contribution is -0.133. The molecular weight excluding hydrogens is 404 g/mol. The molecule has 1 aliphatic rings. The molecule has 3 amide bonds. The van der Waals surface area contributed by atoms with Crippen LogP contribution in [0.3, 0.4) is 0 Å². The number of rotatable bonds is 11. The monoisotopic (exact) mass is 438 g/mol. The molecule has 1 fully saturated rings. The summed E-state index contributed by atoms with van der Waals surface area (Å²) in [6, 6.07) is 17.4. The third-order valence-corrected chi connectivity index (χ3v) is 6.02. The summed E-state index contributed by atoms with van der Waals surface area (Å²) < 4.78 is 6.16. The average molecular weight is 439 g/mol. The standard InChI is InChI=1S/C26H34N2O4/c1-4-15-26(16-5-2)24(30)28(25(31)27-26)17-21(29)18-32-23(20-12-7-6-8-13-20)22-14-10-9-11-19(22)3/h6-14,21,23,29H,4-5,15-18H2,1-3H3,(H,27,31)/t21-,23+/m1/s1. The first kappa shape index (κ1) is 24.0. The number of aliphatic hydroxyl groups excluding tert-OH is 1. The summed E-state index contributed by atoms with van der Waals surface area (Å²) in [7, 11) is 0. The second kappa shape index (κ2) is 10.7. The van der Waals surface area contributed by atoms with E-state index in [2.05, 4.69) is 5.32 Å². The molecule has 2 aromatic carbocycles. The molecule has 0 bridgehead atoms. The number of aryl methyl sites for hydroxylation is 1. The lowest BCUT2D eigenvalue weighted by atomic mass is 9.88. The summed E-state index contributed by atoms with van der Waals surface area (Å²) in [6.45, 7) is 5.93. The van der Waals surface area contributed by atoms with Gasteiger partial charge in [-0.1, -0.05) is 81.3 Å². The highest BCUT2D eigenvalue weighted by atomic mass is 16.5. The Morgan fingerprint density at radius 1 is 1.00 bits per heavy atom. The predicted octanol–water partition coefficient (Wildman–Crippen LogP) is 4.35. The van der Waals surface area contributed by atoms with Crippen molar-refractivity contribution in [1.82, 2.24) is 10.2 Å². The van der Waals surface area contributed by atoms with Crippen LogP contribution in [0, 0.1) is 6.92 Å². The van der Waals surface area contributed by atoms with Gasteiger partial charge in [0.2, 0.25) is 0 Å². The maximum atomic E-state index is 13.1. The van der Waals surface area contributed by atoms with Crippen LogP contribution in [-0.4, -0.2) is 46.7 Å². The van der Waals surface area contributed by atoms with E-state index in [1.807, 2.05) is 75.4 Å². The SMILES string of the molecule is CCCC1(CCC)NC(=O)N(C[C@@H](O)CO[C@@H](c2ccccc2)c2ccccc2C)C1=O.